The van der Waals surface area contributed by atoms with Crippen LogP contribution >= 0.6 is 0 Å². The number of amidine groups is 1. The maximum Gasteiger partial charge on any atom is 0.389 e. The second-order valence-electron chi connectivity index (χ2n) is 3.16. The number of alkyl halides is 3. The fraction of sp³-hybridized carbons (Fsp3) is 0.875. The van der Waals surface area contributed by atoms with E-state index in [1.165, 1.54) is 0 Å². The largest absolute Gasteiger partial charge is 0.389 e. The first-order chi connectivity index (χ1) is 6.49. The van der Waals surface area contributed by atoms with E-state index >= 15 is 0 Å². The van der Waals surface area contributed by atoms with Crippen LogP contribution < -0.4 is 0 Å². The molecule has 1 saturated heterocycles. The number of nitrogens with one attached hydrogen (secondary N) is 1. The lowest BCUT2D eigenvalue weighted by molar-refractivity contribution is -0.133. The zero-order valence-electron chi connectivity index (χ0n) is 7.73. The Bertz CT molecular complexity index is 199. The Morgan fingerprint density at radius 2 is 1.86 bits per heavy atom. The summed E-state index contributed by atoms with van der Waals surface area (Å²) in [5, 5.41) is 7.43. The van der Waals surface area contributed by atoms with E-state index in [1.54, 1.807) is 4.90 Å². The molecule has 0 unspecified atom stereocenters. The molecule has 0 spiro atoms. The molecule has 0 aromatic heterocycles. The molecule has 1 rings (SSSR count). The smallest absolute Gasteiger partial charge is 0.378 e. The van der Waals surface area contributed by atoms with Crippen LogP contribution in [0.5, 0.6) is 0 Å². The highest BCUT2D eigenvalue weighted by Crippen LogP contribution is 2.21. The molecular weight excluding hydrogens is 197 g/mol. The summed E-state index contributed by atoms with van der Waals surface area (Å²) >= 11 is 0. The average molecular weight is 210 g/mol. The van der Waals surface area contributed by atoms with Gasteiger partial charge in [0, 0.05) is 19.5 Å². The summed E-state index contributed by atoms with van der Waals surface area (Å²) in [6, 6.07) is 0. The van der Waals surface area contributed by atoms with Crippen molar-refractivity contribution in [2.45, 2.75) is 19.0 Å². The van der Waals surface area contributed by atoms with Gasteiger partial charge in [0.2, 0.25) is 0 Å². The molecule has 1 N–H and O–H groups in total. The minimum Gasteiger partial charge on any atom is -0.378 e. The predicted octanol–water partition coefficient (Wildman–Crippen LogP) is 1.64. The van der Waals surface area contributed by atoms with Gasteiger partial charge in [0.05, 0.1) is 25.5 Å². The third-order valence-corrected chi connectivity index (χ3v) is 2.04. The maximum absolute atomic E-state index is 11.8. The average Bonchev–Trinajstić information content (AvgIpc) is 2.14. The fourth-order valence-electron chi connectivity index (χ4n) is 1.25. The number of nitrogens with zero attached hydrogens (tertiary/aromatic N) is 1. The Hall–Kier alpha value is -0.780. The summed E-state index contributed by atoms with van der Waals surface area (Å²) in [6.45, 7) is 2.04. The summed E-state index contributed by atoms with van der Waals surface area (Å²) < 4.78 is 40.6. The van der Waals surface area contributed by atoms with Crippen LogP contribution in [0.25, 0.3) is 0 Å². The van der Waals surface area contributed by atoms with E-state index < -0.39 is 12.6 Å². The van der Waals surface area contributed by atoms with E-state index in [2.05, 4.69) is 0 Å². The lowest BCUT2D eigenvalue weighted by atomic mass is 10.2. The van der Waals surface area contributed by atoms with Gasteiger partial charge in [-0.2, -0.15) is 13.2 Å². The summed E-state index contributed by atoms with van der Waals surface area (Å²) in [5.74, 6) is 0.0608. The quantitative estimate of drug-likeness (QED) is 0.555. The Labute approximate surface area is 80.3 Å². The highest BCUT2D eigenvalue weighted by molar-refractivity contribution is 5.79. The lowest BCUT2D eigenvalue weighted by Crippen LogP contribution is -2.40. The first-order valence-electron chi connectivity index (χ1n) is 4.46. The van der Waals surface area contributed by atoms with E-state index in [0.29, 0.717) is 26.3 Å². The van der Waals surface area contributed by atoms with Gasteiger partial charge in [-0.1, -0.05) is 0 Å². The molecule has 6 heteroatoms. The van der Waals surface area contributed by atoms with Crippen molar-refractivity contribution in [3.63, 3.8) is 0 Å². The van der Waals surface area contributed by atoms with Gasteiger partial charge in [0.15, 0.2) is 0 Å². The molecule has 3 nitrogen and oxygen atoms in total. The molecule has 1 aliphatic rings. The first kappa shape index (κ1) is 11.3. The van der Waals surface area contributed by atoms with Gasteiger partial charge in [0.1, 0.15) is 0 Å². The molecule has 0 aromatic carbocycles. The van der Waals surface area contributed by atoms with Gasteiger partial charge in [-0.25, -0.2) is 0 Å². The SMILES string of the molecule is N=C(CCC(F)(F)F)N1CCOCC1. The fourth-order valence-corrected chi connectivity index (χ4v) is 1.25. The van der Waals surface area contributed by atoms with Crippen molar-refractivity contribution in [3.8, 4) is 0 Å². The standard InChI is InChI=1S/C8H13F3N2O/c9-8(10,11)2-1-7(12)13-3-5-14-6-4-13/h12H,1-6H2. The van der Waals surface area contributed by atoms with Crippen LogP contribution in [0.1, 0.15) is 12.8 Å². The van der Waals surface area contributed by atoms with Crippen LogP contribution in [-0.2, 0) is 4.74 Å². The zero-order chi connectivity index (χ0) is 10.6. The Morgan fingerprint density at radius 1 is 1.29 bits per heavy atom. The van der Waals surface area contributed by atoms with Crippen molar-refractivity contribution in [1.29, 1.82) is 5.41 Å². The van der Waals surface area contributed by atoms with Crippen LogP contribution in [-0.4, -0.2) is 43.2 Å². The summed E-state index contributed by atoms with van der Waals surface area (Å²) in [7, 11) is 0. The van der Waals surface area contributed by atoms with Crippen LogP contribution in [0.4, 0.5) is 13.2 Å². The molecule has 1 aliphatic heterocycles. The number of hydrogen-bond acceptors (Lipinski definition) is 2. The van der Waals surface area contributed by atoms with Crippen molar-refractivity contribution in [2.75, 3.05) is 26.3 Å². The van der Waals surface area contributed by atoms with Crippen LogP contribution in [0.15, 0.2) is 0 Å². The van der Waals surface area contributed by atoms with E-state index in [9.17, 15) is 13.2 Å². The van der Waals surface area contributed by atoms with Gasteiger partial charge in [-0.05, 0) is 0 Å². The minimum absolute atomic E-state index is 0.0608. The molecule has 82 valence electrons. The van der Waals surface area contributed by atoms with Crippen molar-refractivity contribution in [2.24, 2.45) is 0 Å². The van der Waals surface area contributed by atoms with Crippen molar-refractivity contribution in [3.05, 3.63) is 0 Å². The molecule has 0 atom stereocenters. The highest BCUT2D eigenvalue weighted by Gasteiger charge is 2.28. The summed E-state index contributed by atoms with van der Waals surface area (Å²) in [4.78, 5) is 1.63. The van der Waals surface area contributed by atoms with Gasteiger partial charge < -0.3 is 9.64 Å². The Morgan fingerprint density at radius 3 is 2.36 bits per heavy atom. The topological polar surface area (TPSA) is 36.3 Å². The van der Waals surface area contributed by atoms with E-state index in [4.69, 9.17) is 10.1 Å². The molecule has 1 fully saturated rings. The van der Waals surface area contributed by atoms with Gasteiger partial charge in [-0.15, -0.1) is 0 Å². The number of hydrogen-bond donors (Lipinski definition) is 1. The van der Waals surface area contributed by atoms with E-state index in [1.807, 2.05) is 0 Å². The normalized spacial score (nSPS) is 18.4. The van der Waals surface area contributed by atoms with E-state index in [-0.39, 0.29) is 12.3 Å². The minimum atomic E-state index is -4.17. The van der Waals surface area contributed by atoms with Crippen LogP contribution in [0.3, 0.4) is 0 Å². The van der Waals surface area contributed by atoms with Crippen molar-refractivity contribution < 1.29 is 17.9 Å². The van der Waals surface area contributed by atoms with Crippen molar-refractivity contribution in [1.82, 2.24) is 4.90 Å². The molecule has 14 heavy (non-hydrogen) atoms. The predicted molar refractivity (Wildman–Crippen MR) is 45.4 cm³/mol. The van der Waals surface area contributed by atoms with Crippen LogP contribution in [0, 0.1) is 5.41 Å². The molecule has 0 bridgehead atoms. The number of halogens is 3. The third kappa shape index (κ3) is 3.95. The Balaban J connectivity index is 2.27. The molecule has 1 heterocycles. The number of morpholine rings is 1. The number of rotatable bonds is 2. The van der Waals surface area contributed by atoms with Crippen molar-refractivity contribution >= 4 is 5.84 Å². The monoisotopic (exact) mass is 210 g/mol. The second-order valence-corrected chi connectivity index (χ2v) is 3.16. The van der Waals surface area contributed by atoms with Gasteiger partial charge in [-0.3, -0.25) is 5.41 Å². The van der Waals surface area contributed by atoms with Crippen LogP contribution in [0.2, 0.25) is 0 Å². The molecule has 0 aromatic rings. The Kier molecular flexibility index (Phi) is 3.74. The third-order valence-electron chi connectivity index (χ3n) is 2.04. The molecule has 0 radical (unpaired) electrons. The maximum atomic E-state index is 11.8. The van der Waals surface area contributed by atoms with Gasteiger partial charge in [0.25, 0.3) is 0 Å². The summed E-state index contributed by atoms with van der Waals surface area (Å²) in [6.07, 6.45) is -5.31. The number of ether oxygens (including phenoxy) is 1. The molecular formula is C8H13F3N2O. The molecule has 0 aliphatic carbocycles. The molecule has 0 saturated carbocycles. The van der Waals surface area contributed by atoms with Gasteiger partial charge >= 0.3 is 6.18 Å². The zero-order valence-corrected chi connectivity index (χ0v) is 7.73. The second kappa shape index (κ2) is 4.63. The lowest BCUT2D eigenvalue weighted by Gasteiger charge is -2.29. The molecule has 0 amide bonds. The first-order valence-corrected chi connectivity index (χ1v) is 4.46. The highest BCUT2D eigenvalue weighted by atomic mass is 19.4. The van der Waals surface area contributed by atoms with E-state index in [0.717, 1.165) is 0 Å². The summed E-state index contributed by atoms with van der Waals surface area (Å²) in [5.41, 5.74) is 0.